The Hall–Kier alpha value is -1.02. The van der Waals surface area contributed by atoms with E-state index in [-0.39, 0.29) is 0 Å². The zero-order chi connectivity index (χ0) is 16.6. The van der Waals surface area contributed by atoms with Crippen molar-refractivity contribution in [2.45, 2.75) is 77.0 Å². The first-order valence-corrected chi connectivity index (χ1v) is 9.48. The van der Waals surface area contributed by atoms with Gasteiger partial charge in [0.25, 0.3) is 0 Å². The van der Waals surface area contributed by atoms with Crippen molar-refractivity contribution in [3.63, 3.8) is 0 Å². The number of benzene rings is 1. The smallest absolute Gasteiger partial charge is 0.119 e. The molecule has 1 rings (SSSR count). The largest absolute Gasteiger partial charge is 0.494 e. The fraction of sp³-hybridized carbons (Fsp3) is 0.667. The van der Waals surface area contributed by atoms with Gasteiger partial charge in [0.1, 0.15) is 5.75 Å². The summed E-state index contributed by atoms with van der Waals surface area (Å²) >= 11 is 0. The lowest BCUT2D eigenvalue weighted by atomic mass is 10.1. The van der Waals surface area contributed by atoms with Crippen LogP contribution in [-0.4, -0.2) is 18.3 Å². The van der Waals surface area contributed by atoms with Gasteiger partial charge in [-0.3, -0.25) is 0 Å². The first-order valence-electron chi connectivity index (χ1n) is 9.48. The van der Waals surface area contributed by atoms with Crippen LogP contribution < -0.4 is 4.74 Å². The molecule has 0 aliphatic rings. The molecule has 131 valence electrons. The summed E-state index contributed by atoms with van der Waals surface area (Å²) < 4.78 is 5.72. The second-order valence-electron chi connectivity index (χ2n) is 6.46. The lowest BCUT2D eigenvalue weighted by molar-refractivity contribution is 0.282. The van der Waals surface area contributed by atoms with Gasteiger partial charge in [-0.15, -0.1) is 0 Å². The van der Waals surface area contributed by atoms with Crippen molar-refractivity contribution >= 4 is 0 Å². The van der Waals surface area contributed by atoms with Crippen LogP contribution >= 0.6 is 0 Å². The third-order valence-electron chi connectivity index (χ3n) is 4.24. The summed E-state index contributed by atoms with van der Waals surface area (Å²) in [6.45, 7) is 5.05. The maximum absolute atomic E-state index is 8.70. The van der Waals surface area contributed by atoms with Gasteiger partial charge in [0.15, 0.2) is 0 Å². The lowest BCUT2D eigenvalue weighted by Crippen LogP contribution is -1.97. The van der Waals surface area contributed by atoms with Crippen molar-refractivity contribution in [2.75, 3.05) is 13.2 Å². The third kappa shape index (κ3) is 12.1. The summed E-state index contributed by atoms with van der Waals surface area (Å²) in [7, 11) is 0. The topological polar surface area (TPSA) is 29.5 Å². The molecule has 1 radical (unpaired) electrons. The van der Waals surface area contributed by atoms with E-state index >= 15 is 0 Å². The standard InChI is InChI=1S/C21H35O2/c1-20-14-16-21(17-15-20)23-19-13-11-9-7-5-3-2-4-6-8-10-12-18-22/h14-17,22H,1-13,18-19H2. The van der Waals surface area contributed by atoms with Gasteiger partial charge in [0, 0.05) is 6.61 Å². The van der Waals surface area contributed by atoms with Crippen molar-refractivity contribution < 1.29 is 9.84 Å². The molecule has 1 aromatic rings. The van der Waals surface area contributed by atoms with E-state index in [0.29, 0.717) is 6.61 Å². The zero-order valence-corrected chi connectivity index (χ0v) is 14.8. The zero-order valence-electron chi connectivity index (χ0n) is 14.8. The van der Waals surface area contributed by atoms with Gasteiger partial charge in [-0.1, -0.05) is 76.3 Å². The van der Waals surface area contributed by atoms with Gasteiger partial charge < -0.3 is 9.84 Å². The molecule has 2 heteroatoms. The summed E-state index contributed by atoms with van der Waals surface area (Å²) in [5.41, 5.74) is 1.03. The van der Waals surface area contributed by atoms with Crippen LogP contribution in [0.2, 0.25) is 0 Å². The molecule has 0 bridgehead atoms. The highest BCUT2D eigenvalue weighted by atomic mass is 16.5. The van der Waals surface area contributed by atoms with Crippen molar-refractivity contribution in [1.29, 1.82) is 0 Å². The average molecular weight is 320 g/mol. The Morgan fingerprint density at radius 3 is 1.57 bits per heavy atom. The van der Waals surface area contributed by atoms with Crippen molar-refractivity contribution in [2.24, 2.45) is 0 Å². The Bertz CT molecular complexity index is 359. The number of ether oxygens (including phenoxy) is 1. The van der Waals surface area contributed by atoms with Crippen molar-refractivity contribution in [3.05, 3.63) is 36.8 Å². The Balaban J connectivity index is 1.77. The highest BCUT2D eigenvalue weighted by molar-refractivity contribution is 5.28. The first kappa shape index (κ1) is 20.0. The van der Waals surface area contributed by atoms with Crippen LogP contribution in [0, 0.1) is 6.92 Å². The normalized spacial score (nSPS) is 10.9. The highest BCUT2D eigenvalue weighted by Gasteiger charge is 1.95. The Morgan fingerprint density at radius 1 is 0.652 bits per heavy atom. The van der Waals surface area contributed by atoms with Gasteiger partial charge in [0.05, 0.1) is 6.61 Å². The van der Waals surface area contributed by atoms with E-state index in [2.05, 4.69) is 6.92 Å². The molecule has 0 spiro atoms. The van der Waals surface area contributed by atoms with Gasteiger partial charge in [-0.25, -0.2) is 0 Å². The summed E-state index contributed by atoms with van der Waals surface area (Å²) in [5, 5.41) is 8.70. The second kappa shape index (κ2) is 14.6. The molecule has 0 atom stereocenters. The molecule has 2 nitrogen and oxygen atoms in total. The maximum Gasteiger partial charge on any atom is 0.119 e. The quantitative estimate of drug-likeness (QED) is 0.406. The van der Waals surface area contributed by atoms with E-state index in [4.69, 9.17) is 9.84 Å². The van der Waals surface area contributed by atoms with Crippen molar-refractivity contribution in [1.82, 2.24) is 0 Å². The second-order valence-corrected chi connectivity index (χ2v) is 6.46. The number of unbranched alkanes of at least 4 members (excludes halogenated alkanes) is 11. The van der Waals surface area contributed by atoms with E-state index in [1.165, 1.54) is 64.2 Å². The number of aliphatic hydroxyl groups excluding tert-OH is 1. The predicted octanol–water partition coefficient (Wildman–Crippen LogP) is 5.92. The lowest BCUT2D eigenvalue weighted by Gasteiger charge is -2.06. The molecule has 23 heavy (non-hydrogen) atoms. The van der Waals surface area contributed by atoms with Gasteiger partial charge in [-0.05, 0) is 37.5 Å². The molecule has 0 aliphatic carbocycles. The fourth-order valence-corrected chi connectivity index (χ4v) is 2.76. The summed E-state index contributed by atoms with van der Waals surface area (Å²) in [4.78, 5) is 0. The van der Waals surface area contributed by atoms with Crippen LogP contribution in [0.25, 0.3) is 0 Å². The Kier molecular flexibility index (Phi) is 12.7. The number of hydrogen-bond acceptors (Lipinski definition) is 2. The minimum absolute atomic E-state index is 0.355. The highest BCUT2D eigenvalue weighted by Crippen LogP contribution is 2.14. The fourth-order valence-electron chi connectivity index (χ4n) is 2.76. The Labute approximate surface area is 143 Å². The molecule has 0 saturated carbocycles. The van der Waals surface area contributed by atoms with Crippen LogP contribution in [-0.2, 0) is 0 Å². The molecule has 0 unspecified atom stereocenters. The van der Waals surface area contributed by atoms with E-state index < -0.39 is 0 Å². The molecular formula is C21H35O2. The minimum Gasteiger partial charge on any atom is -0.494 e. The molecule has 0 heterocycles. The minimum atomic E-state index is 0.355. The molecule has 0 fully saturated rings. The van der Waals surface area contributed by atoms with E-state index in [9.17, 15) is 0 Å². The SMILES string of the molecule is [CH2]c1ccc(OCCCCCCCCCCCCCCO)cc1. The molecule has 0 amide bonds. The molecule has 1 aromatic carbocycles. The van der Waals surface area contributed by atoms with Gasteiger partial charge >= 0.3 is 0 Å². The van der Waals surface area contributed by atoms with Gasteiger partial charge in [0.2, 0.25) is 0 Å². The van der Waals surface area contributed by atoms with Crippen LogP contribution in [0.3, 0.4) is 0 Å². The van der Waals surface area contributed by atoms with E-state index in [1.54, 1.807) is 0 Å². The molecular weight excluding hydrogens is 284 g/mol. The van der Waals surface area contributed by atoms with Gasteiger partial charge in [-0.2, -0.15) is 0 Å². The van der Waals surface area contributed by atoms with Crippen LogP contribution in [0.1, 0.15) is 82.6 Å². The summed E-state index contributed by atoms with van der Waals surface area (Å²) in [6.07, 6.45) is 15.4. The third-order valence-corrected chi connectivity index (χ3v) is 4.24. The summed E-state index contributed by atoms with van der Waals surface area (Å²) in [5.74, 6) is 0.955. The van der Waals surface area contributed by atoms with Crippen LogP contribution in [0.5, 0.6) is 5.75 Å². The number of aliphatic hydroxyl groups is 1. The molecule has 0 aliphatic heterocycles. The van der Waals surface area contributed by atoms with Crippen LogP contribution in [0.4, 0.5) is 0 Å². The Morgan fingerprint density at radius 2 is 1.09 bits per heavy atom. The van der Waals surface area contributed by atoms with E-state index in [0.717, 1.165) is 30.8 Å². The predicted molar refractivity (Wildman–Crippen MR) is 98.9 cm³/mol. The summed E-state index contributed by atoms with van der Waals surface area (Å²) in [6, 6.07) is 7.96. The number of rotatable bonds is 15. The molecule has 0 aromatic heterocycles. The number of hydrogen-bond donors (Lipinski definition) is 1. The average Bonchev–Trinajstić information content (AvgIpc) is 2.57. The first-order chi connectivity index (χ1) is 11.3. The maximum atomic E-state index is 8.70. The van der Waals surface area contributed by atoms with E-state index in [1.807, 2.05) is 24.3 Å². The molecule has 0 saturated heterocycles. The van der Waals surface area contributed by atoms with Crippen LogP contribution in [0.15, 0.2) is 24.3 Å². The molecule has 1 N–H and O–H groups in total. The van der Waals surface area contributed by atoms with Crippen molar-refractivity contribution in [3.8, 4) is 5.75 Å². The monoisotopic (exact) mass is 319 g/mol.